The zero-order valence-electron chi connectivity index (χ0n) is 16.8. The second-order valence-corrected chi connectivity index (χ2v) is 9.24. The Hall–Kier alpha value is -2.39. The molecule has 0 saturated carbocycles. The maximum Gasteiger partial charge on any atom is 0.333 e. The zero-order valence-corrected chi connectivity index (χ0v) is 17.7. The van der Waals surface area contributed by atoms with Gasteiger partial charge in [0, 0.05) is 24.8 Å². The van der Waals surface area contributed by atoms with E-state index < -0.39 is 16.1 Å². The van der Waals surface area contributed by atoms with Gasteiger partial charge in [0.2, 0.25) is 0 Å². The number of urea groups is 1. The molecule has 2 aromatic rings. The van der Waals surface area contributed by atoms with Crippen LogP contribution in [0.2, 0.25) is 0 Å². The number of anilines is 1. The van der Waals surface area contributed by atoms with Crippen molar-refractivity contribution in [3.63, 3.8) is 0 Å². The molecule has 9 heteroatoms. The van der Waals surface area contributed by atoms with Gasteiger partial charge in [0.1, 0.15) is 0 Å². The van der Waals surface area contributed by atoms with Crippen molar-refractivity contribution in [1.82, 2.24) is 19.8 Å². The molecule has 4 rings (SSSR count). The first-order valence-electron chi connectivity index (χ1n) is 10.1. The van der Waals surface area contributed by atoms with E-state index in [1.807, 2.05) is 6.92 Å². The SMILES string of the molecule is CCn1nc(S(=O)(=O)NC(=O)Nc2c3c(cc4c2CCC4)CCC3)cc1CNC. The highest BCUT2D eigenvalue weighted by molar-refractivity contribution is 7.90. The van der Waals surface area contributed by atoms with Crippen LogP contribution in [0.25, 0.3) is 0 Å². The average Bonchev–Trinajstić information content (AvgIpc) is 3.40. The fourth-order valence-electron chi connectivity index (χ4n) is 4.44. The van der Waals surface area contributed by atoms with Crippen molar-refractivity contribution in [3.8, 4) is 0 Å². The molecule has 0 aliphatic heterocycles. The summed E-state index contributed by atoms with van der Waals surface area (Å²) in [7, 11) is -2.28. The molecule has 156 valence electrons. The van der Waals surface area contributed by atoms with Gasteiger partial charge in [-0.15, -0.1) is 0 Å². The first kappa shape index (κ1) is 19.9. The predicted octanol–water partition coefficient (Wildman–Crippen LogP) is 2.11. The fourth-order valence-corrected chi connectivity index (χ4v) is 5.34. The Balaban J connectivity index is 1.57. The van der Waals surface area contributed by atoms with Crippen LogP contribution >= 0.6 is 0 Å². The number of aryl methyl sites for hydroxylation is 3. The van der Waals surface area contributed by atoms with Gasteiger partial charge < -0.3 is 10.6 Å². The molecular weight excluding hydrogens is 390 g/mol. The Labute approximate surface area is 171 Å². The van der Waals surface area contributed by atoms with Crippen LogP contribution in [0, 0.1) is 0 Å². The second kappa shape index (κ2) is 7.79. The Morgan fingerprint density at radius 2 is 1.76 bits per heavy atom. The number of aromatic nitrogens is 2. The van der Waals surface area contributed by atoms with E-state index in [2.05, 4.69) is 26.5 Å². The van der Waals surface area contributed by atoms with Crippen molar-refractivity contribution in [2.24, 2.45) is 0 Å². The summed E-state index contributed by atoms with van der Waals surface area (Å²) in [6.07, 6.45) is 5.99. The predicted molar refractivity (Wildman–Crippen MR) is 110 cm³/mol. The van der Waals surface area contributed by atoms with E-state index in [1.54, 1.807) is 11.7 Å². The molecule has 0 bridgehead atoms. The van der Waals surface area contributed by atoms with Crippen LogP contribution in [0.3, 0.4) is 0 Å². The van der Waals surface area contributed by atoms with E-state index in [1.165, 1.54) is 17.2 Å². The topological polar surface area (TPSA) is 105 Å². The molecule has 0 radical (unpaired) electrons. The minimum Gasteiger partial charge on any atom is -0.314 e. The Morgan fingerprint density at radius 1 is 1.10 bits per heavy atom. The van der Waals surface area contributed by atoms with E-state index in [0.29, 0.717) is 13.1 Å². The monoisotopic (exact) mass is 417 g/mol. The number of hydrogen-bond donors (Lipinski definition) is 3. The van der Waals surface area contributed by atoms with Gasteiger partial charge in [0.15, 0.2) is 5.03 Å². The summed E-state index contributed by atoms with van der Waals surface area (Å²) in [4.78, 5) is 12.6. The van der Waals surface area contributed by atoms with E-state index in [0.717, 1.165) is 61.0 Å². The van der Waals surface area contributed by atoms with Gasteiger partial charge in [0.05, 0.1) is 5.69 Å². The Bertz CT molecular complexity index is 1030. The number of carbonyl (C=O) groups is 1. The first-order chi connectivity index (χ1) is 13.9. The summed E-state index contributed by atoms with van der Waals surface area (Å²) in [5, 5.41) is 9.83. The molecule has 1 heterocycles. The molecule has 0 fully saturated rings. The first-order valence-corrected chi connectivity index (χ1v) is 11.6. The number of sulfonamides is 1. The summed E-state index contributed by atoms with van der Waals surface area (Å²) in [6, 6.07) is 3.03. The second-order valence-electron chi connectivity index (χ2n) is 7.61. The normalized spacial score (nSPS) is 15.2. The molecule has 2 aliphatic carbocycles. The summed E-state index contributed by atoms with van der Waals surface area (Å²) >= 11 is 0. The van der Waals surface area contributed by atoms with Gasteiger partial charge in [-0.1, -0.05) is 6.07 Å². The minimum absolute atomic E-state index is 0.150. The highest BCUT2D eigenvalue weighted by atomic mass is 32.2. The number of hydrogen-bond acceptors (Lipinski definition) is 5. The van der Waals surface area contributed by atoms with Crippen LogP contribution in [0.4, 0.5) is 10.5 Å². The highest BCUT2D eigenvalue weighted by Crippen LogP contribution is 2.38. The molecular formula is C20H27N5O3S. The standard InChI is InChI=1S/C20H27N5O3S/c1-3-25-15(12-21-2)11-18(23-25)29(27,28)24-20(26)22-19-16-8-4-6-13(16)10-14-7-5-9-17(14)19/h10-11,21H,3-9,12H2,1-2H3,(H2,22,24,26). The lowest BCUT2D eigenvalue weighted by molar-refractivity contribution is 0.256. The van der Waals surface area contributed by atoms with Crippen LogP contribution < -0.4 is 15.4 Å². The highest BCUT2D eigenvalue weighted by Gasteiger charge is 2.27. The summed E-state index contributed by atoms with van der Waals surface area (Å²) in [5.41, 5.74) is 6.43. The molecule has 0 saturated heterocycles. The van der Waals surface area contributed by atoms with Crippen molar-refractivity contribution in [2.45, 2.75) is 63.6 Å². The van der Waals surface area contributed by atoms with Crippen LogP contribution in [0.1, 0.15) is 47.7 Å². The van der Waals surface area contributed by atoms with Gasteiger partial charge in [-0.3, -0.25) is 4.68 Å². The van der Waals surface area contributed by atoms with Crippen molar-refractivity contribution in [3.05, 3.63) is 40.1 Å². The van der Waals surface area contributed by atoms with Gasteiger partial charge in [-0.2, -0.15) is 13.5 Å². The van der Waals surface area contributed by atoms with Gasteiger partial charge in [0.25, 0.3) is 10.0 Å². The van der Waals surface area contributed by atoms with E-state index in [-0.39, 0.29) is 5.03 Å². The van der Waals surface area contributed by atoms with Crippen LogP contribution in [-0.2, 0) is 48.8 Å². The summed E-state index contributed by atoms with van der Waals surface area (Å²) in [6.45, 7) is 2.92. The van der Waals surface area contributed by atoms with E-state index in [9.17, 15) is 13.2 Å². The fraction of sp³-hybridized carbons (Fsp3) is 0.500. The van der Waals surface area contributed by atoms with Crippen molar-refractivity contribution in [1.29, 1.82) is 0 Å². The van der Waals surface area contributed by atoms with Crippen LogP contribution in [0.5, 0.6) is 0 Å². The Kier molecular flexibility index (Phi) is 5.35. The zero-order chi connectivity index (χ0) is 20.6. The van der Waals surface area contributed by atoms with Crippen molar-refractivity contribution in [2.75, 3.05) is 12.4 Å². The third kappa shape index (κ3) is 3.76. The molecule has 0 atom stereocenters. The molecule has 0 unspecified atom stereocenters. The van der Waals surface area contributed by atoms with Crippen LogP contribution in [0.15, 0.2) is 17.2 Å². The summed E-state index contributed by atoms with van der Waals surface area (Å²) in [5.74, 6) is 0. The number of nitrogens with zero attached hydrogens (tertiary/aromatic N) is 2. The molecule has 2 aliphatic rings. The largest absolute Gasteiger partial charge is 0.333 e. The van der Waals surface area contributed by atoms with Gasteiger partial charge in [-0.25, -0.2) is 9.52 Å². The molecule has 29 heavy (non-hydrogen) atoms. The lowest BCUT2D eigenvalue weighted by Gasteiger charge is -2.16. The molecule has 8 nitrogen and oxygen atoms in total. The number of amides is 2. The molecule has 1 aromatic heterocycles. The minimum atomic E-state index is -4.06. The third-order valence-corrected chi connectivity index (χ3v) is 6.92. The van der Waals surface area contributed by atoms with E-state index in [4.69, 9.17) is 0 Å². The maximum absolute atomic E-state index is 12.7. The molecule has 2 amide bonds. The van der Waals surface area contributed by atoms with Crippen molar-refractivity contribution >= 4 is 21.7 Å². The van der Waals surface area contributed by atoms with Crippen molar-refractivity contribution < 1.29 is 13.2 Å². The smallest absolute Gasteiger partial charge is 0.314 e. The average molecular weight is 418 g/mol. The summed E-state index contributed by atoms with van der Waals surface area (Å²) < 4.78 is 29.2. The number of nitrogens with one attached hydrogen (secondary N) is 3. The molecule has 0 spiro atoms. The number of fused-ring (bicyclic) bond motifs is 2. The number of rotatable bonds is 6. The van der Waals surface area contributed by atoms with Gasteiger partial charge in [-0.05, 0) is 74.8 Å². The lowest BCUT2D eigenvalue weighted by Crippen LogP contribution is -2.35. The Morgan fingerprint density at radius 3 is 2.34 bits per heavy atom. The van der Waals surface area contributed by atoms with Gasteiger partial charge >= 0.3 is 6.03 Å². The third-order valence-electron chi connectivity index (χ3n) is 5.71. The van der Waals surface area contributed by atoms with Crippen LogP contribution in [-0.4, -0.2) is 31.3 Å². The number of carbonyl (C=O) groups excluding carboxylic acids is 1. The van der Waals surface area contributed by atoms with E-state index >= 15 is 0 Å². The number of benzene rings is 1. The maximum atomic E-state index is 12.7. The quantitative estimate of drug-likeness (QED) is 0.668. The molecule has 3 N–H and O–H groups in total. The lowest BCUT2D eigenvalue weighted by atomic mass is 9.99. The molecule has 1 aromatic carbocycles.